The van der Waals surface area contributed by atoms with Gasteiger partial charge in [0.2, 0.25) is 7.28 Å². The van der Waals surface area contributed by atoms with Crippen molar-refractivity contribution in [2.45, 2.75) is 110 Å². The van der Waals surface area contributed by atoms with E-state index in [1.807, 2.05) is 0 Å². The van der Waals surface area contributed by atoms with Gasteiger partial charge in [0.15, 0.2) is 5.58 Å². The zero-order valence-corrected chi connectivity index (χ0v) is 42.2. The maximum atomic E-state index is 7.39. The Labute approximate surface area is 413 Å². The van der Waals surface area contributed by atoms with Crippen LogP contribution < -0.4 is 21.3 Å². The van der Waals surface area contributed by atoms with E-state index in [4.69, 9.17) is 8.83 Å². The molecule has 10 aromatic rings. The van der Waals surface area contributed by atoms with Gasteiger partial charge in [0.25, 0.3) is 0 Å². The number of nitrogens with one attached hydrogen (secondary N) is 1. The number of fused-ring (bicyclic) bond motifs is 11. The molecule has 0 bridgehead atoms. The van der Waals surface area contributed by atoms with Gasteiger partial charge in [-0.25, -0.2) is 0 Å². The van der Waals surface area contributed by atoms with Crippen molar-refractivity contribution in [2.75, 3.05) is 10.2 Å². The molecule has 3 aliphatic rings. The summed E-state index contributed by atoms with van der Waals surface area (Å²) in [6.45, 7) is 21.8. The van der Waals surface area contributed by atoms with Crippen molar-refractivity contribution in [3.8, 4) is 22.3 Å². The second-order valence-electron chi connectivity index (χ2n) is 23.5. The smallest absolute Gasteiger partial charge is 0.245 e. The average Bonchev–Trinajstić information content (AvgIpc) is 3.91. The lowest BCUT2D eigenvalue weighted by Crippen LogP contribution is -2.41. The summed E-state index contributed by atoms with van der Waals surface area (Å²) in [6, 6.07) is 53.8. The first kappa shape index (κ1) is 43.1. The van der Waals surface area contributed by atoms with Gasteiger partial charge in [0.05, 0.1) is 17.0 Å². The van der Waals surface area contributed by atoms with Crippen molar-refractivity contribution >= 4 is 90.5 Å². The zero-order chi connectivity index (χ0) is 48.1. The van der Waals surface area contributed by atoms with Crippen LogP contribution in [-0.2, 0) is 21.7 Å². The molecule has 0 saturated heterocycles. The normalized spacial score (nSPS) is 17.2. The number of anilines is 5. The highest BCUT2D eigenvalue weighted by molar-refractivity contribution is 6.73. The number of nitrogens with zero attached hydrogens (tertiary/aromatic N) is 1. The van der Waals surface area contributed by atoms with E-state index in [1.165, 1.54) is 71.8 Å². The Balaban J connectivity index is 1.13. The minimum Gasteiger partial charge on any atom is -0.469 e. The molecule has 2 aliphatic carbocycles. The van der Waals surface area contributed by atoms with Crippen molar-refractivity contribution in [3.63, 3.8) is 0 Å². The van der Waals surface area contributed by atoms with Crippen molar-refractivity contribution < 1.29 is 8.83 Å². The monoisotopic (exact) mass is 912 g/mol. The number of benzene rings is 8. The van der Waals surface area contributed by atoms with Gasteiger partial charge in [-0.1, -0.05) is 152 Å². The minimum atomic E-state index is 0.00124. The van der Waals surface area contributed by atoms with Crippen LogP contribution >= 0.6 is 0 Å². The molecule has 0 radical (unpaired) electrons. The Morgan fingerprint density at radius 2 is 1.10 bits per heavy atom. The lowest BCUT2D eigenvalue weighted by Gasteiger charge is -2.43. The van der Waals surface area contributed by atoms with E-state index in [9.17, 15) is 0 Å². The molecule has 1 N–H and O–H groups in total. The molecule has 8 aromatic carbocycles. The highest BCUT2D eigenvalue weighted by Crippen LogP contribution is 2.55. The first-order chi connectivity index (χ1) is 33.6. The summed E-state index contributed by atoms with van der Waals surface area (Å²) in [5, 5.41) is 9.72. The summed E-state index contributed by atoms with van der Waals surface area (Å²) in [6.07, 6.45) is 4.57. The van der Waals surface area contributed by atoms with Crippen LogP contribution in [0.15, 0.2) is 154 Å². The van der Waals surface area contributed by atoms with Gasteiger partial charge in [-0.15, -0.1) is 0 Å². The van der Waals surface area contributed by atoms with Crippen LogP contribution in [0.2, 0.25) is 0 Å². The Hall–Kier alpha value is -6.98. The minimum absolute atomic E-state index is 0.00124. The average molecular weight is 913 g/mol. The van der Waals surface area contributed by atoms with E-state index in [-0.39, 0.29) is 21.7 Å². The van der Waals surface area contributed by atoms with Gasteiger partial charge in [-0.2, -0.15) is 0 Å². The molecule has 2 aromatic heterocycles. The maximum absolute atomic E-state index is 7.39. The van der Waals surface area contributed by atoms with Gasteiger partial charge in [-0.3, -0.25) is 0 Å². The lowest BCUT2D eigenvalue weighted by atomic mass is 9.60. The number of hydrogen-bond donors (Lipinski definition) is 1. The topological polar surface area (TPSA) is 41.6 Å². The van der Waals surface area contributed by atoms with Crippen LogP contribution in [-0.4, -0.2) is 7.28 Å². The predicted octanol–water partition coefficient (Wildman–Crippen LogP) is 16.7. The van der Waals surface area contributed by atoms with Gasteiger partial charge in [0, 0.05) is 38.8 Å². The number of furan rings is 2. The summed E-state index contributed by atoms with van der Waals surface area (Å²) < 4.78 is 14.6. The quantitative estimate of drug-likeness (QED) is 0.175. The van der Waals surface area contributed by atoms with E-state index < -0.39 is 0 Å². The SMILES string of the molecule is Cc1cc2c(cc1N1c3c(oc4cc5c(cc34)C(C)(C)CCC5(C)C)Bc3c(-c4c(Nc5ccc(-c6ccccc6)cc5)ccc5ccccc45)cc4c(oc5ccccc54)c31)C(C)(C)CCC2(C)C. The Kier molecular flexibility index (Phi) is 9.24. The fourth-order valence-electron chi connectivity index (χ4n) is 12.7. The lowest BCUT2D eigenvalue weighted by molar-refractivity contribution is 0.332. The molecule has 0 unspecified atom stereocenters. The van der Waals surface area contributed by atoms with Gasteiger partial charge in [0.1, 0.15) is 11.2 Å². The molecule has 0 fully saturated rings. The Morgan fingerprint density at radius 1 is 0.500 bits per heavy atom. The fraction of sp³-hybridized carbons (Fsp3) is 0.262. The third-order valence-electron chi connectivity index (χ3n) is 17.1. The van der Waals surface area contributed by atoms with Gasteiger partial charge >= 0.3 is 0 Å². The first-order valence-electron chi connectivity index (χ1n) is 25.5. The van der Waals surface area contributed by atoms with Crippen LogP contribution in [0.3, 0.4) is 0 Å². The number of aryl methyl sites for hydroxylation is 1. The second-order valence-corrected chi connectivity index (χ2v) is 23.5. The zero-order valence-electron chi connectivity index (χ0n) is 42.2. The summed E-state index contributed by atoms with van der Waals surface area (Å²) >= 11 is 0. The molecule has 0 amide bonds. The summed E-state index contributed by atoms with van der Waals surface area (Å²) in [5.41, 5.74) is 22.3. The van der Waals surface area contributed by atoms with Crippen LogP contribution in [0, 0.1) is 6.92 Å². The Bertz CT molecular complexity index is 3790. The molecule has 4 nitrogen and oxygen atoms in total. The summed E-state index contributed by atoms with van der Waals surface area (Å²) in [7, 11) is 0.604. The van der Waals surface area contributed by atoms with E-state index in [0.717, 1.165) is 87.2 Å². The molecule has 0 saturated carbocycles. The van der Waals surface area contributed by atoms with Crippen LogP contribution in [0.1, 0.15) is 109 Å². The van der Waals surface area contributed by atoms with Crippen LogP contribution in [0.4, 0.5) is 28.4 Å². The maximum Gasteiger partial charge on any atom is 0.245 e. The summed E-state index contributed by atoms with van der Waals surface area (Å²) in [5.74, 6) is 0. The highest BCUT2D eigenvalue weighted by Gasteiger charge is 2.43. The van der Waals surface area contributed by atoms with E-state index in [2.05, 4.69) is 218 Å². The standard InChI is InChI=1S/C65H61BN2O2/c1-38-33-48-50(64(6,7)31-29-62(48,2)3)36-53(38)68-58-46-35-49-51(65(8,9)32-30-63(49,4)5)37-55(46)70-61(58)66-57-47(34-45-44-21-15-16-22-54(44)69-60(45)59(57)68)56-43-20-14-13-19-41(43)25-28-52(56)67-42-26-23-40(24-27-42)39-17-11-10-12-18-39/h10-28,33-37,66-67H,29-32H2,1-9H3. The second kappa shape index (κ2) is 15.0. The third kappa shape index (κ3) is 6.49. The predicted molar refractivity (Wildman–Crippen MR) is 298 cm³/mol. The molecule has 0 spiro atoms. The first-order valence-corrected chi connectivity index (χ1v) is 25.5. The Morgan fingerprint density at radius 3 is 1.81 bits per heavy atom. The molecule has 13 rings (SSSR count). The van der Waals surface area contributed by atoms with Crippen molar-refractivity contribution in [3.05, 3.63) is 173 Å². The van der Waals surface area contributed by atoms with Crippen LogP contribution in [0.5, 0.6) is 0 Å². The number of rotatable bonds is 5. The molecule has 0 atom stereocenters. The van der Waals surface area contributed by atoms with E-state index in [0.29, 0.717) is 7.28 Å². The number of hydrogen-bond acceptors (Lipinski definition) is 4. The van der Waals surface area contributed by atoms with E-state index in [1.54, 1.807) is 0 Å². The molecule has 346 valence electrons. The molecule has 70 heavy (non-hydrogen) atoms. The molecular weight excluding hydrogens is 852 g/mol. The highest BCUT2D eigenvalue weighted by atomic mass is 16.3. The van der Waals surface area contributed by atoms with Gasteiger partial charge in [-0.05, 0) is 164 Å². The van der Waals surface area contributed by atoms with Crippen molar-refractivity contribution in [2.24, 2.45) is 0 Å². The molecule has 5 heteroatoms. The van der Waals surface area contributed by atoms with E-state index >= 15 is 0 Å². The summed E-state index contributed by atoms with van der Waals surface area (Å²) in [4.78, 5) is 2.59. The molecule has 1 aliphatic heterocycles. The molecular formula is C65H61BN2O2. The number of para-hydroxylation sites is 1. The third-order valence-corrected chi connectivity index (χ3v) is 17.1. The van der Waals surface area contributed by atoms with Crippen LogP contribution in [0.25, 0.3) is 65.9 Å². The largest absolute Gasteiger partial charge is 0.469 e. The van der Waals surface area contributed by atoms with Crippen molar-refractivity contribution in [1.29, 1.82) is 0 Å². The van der Waals surface area contributed by atoms with Gasteiger partial charge < -0.3 is 19.1 Å². The van der Waals surface area contributed by atoms with Crippen molar-refractivity contribution in [1.82, 2.24) is 0 Å². The fourth-order valence-corrected chi connectivity index (χ4v) is 12.7. The molecule has 3 heterocycles.